The van der Waals surface area contributed by atoms with E-state index in [9.17, 15) is 4.39 Å². The third-order valence-corrected chi connectivity index (χ3v) is 5.08. The minimum absolute atomic E-state index is 0.00619. The molecule has 2 nitrogen and oxygen atoms in total. The molecule has 2 aliphatic rings. The number of benzene rings is 1. The van der Waals surface area contributed by atoms with Gasteiger partial charge in [0.25, 0.3) is 0 Å². The molecule has 1 aromatic rings. The molecule has 1 aliphatic carbocycles. The monoisotopic (exact) mass is 290 g/mol. The Morgan fingerprint density at radius 3 is 2.81 bits per heavy atom. The molecule has 116 valence electrons. The first kappa shape index (κ1) is 15.0. The molecule has 1 fully saturated rings. The second kappa shape index (κ2) is 6.89. The second-order valence-corrected chi connectivity index (χ2v) is 6.55. The molecule has 1 N–H and O–H groups in total. The fourth-order valence-electron chi connectivity index (χ4n) is 4.02. The Labute approximate surface area is 127 Å². The zero-order valence-corrected chi connectivity index (χ0v) is 13.1. The summed E-state index contributed by atoms with van der Waals surface area (Å²) in [4.78, 5) is 2.63. The largest absolute Gasteiger partial charge is 0.317 e. The summed E-state index contributed by atoms with van der Waals surface area (Å²) >= 11 is 0. The molecule has 0 saturated carbocycles. The van der Waals surface area contributed by atoms with Gasteiger partial charge in [-0.25, -0.2) is 4.39 Å². The summed E-state index contributed by atoms with van der Waals surface area (Å²) in [5, 5.41) is 3.44. The van der Waals surface area contributed by atoms with Gasteiger partial charge in [-0.15, -0.1) is 0 Å². The van der Waals surface area contributed by atoms with Gasteiger partial charge in [-0.05, 0) is 74.8 Å². The summed E-state index contributed by atoms with van der Waals surface area (Å²) in [5.74, 6) is 0.795. The van der Waals surface area contributed by atoms with Crippen LogP contribution in [-0.2, 0) is 6.42 Å². The number of hydrogen-bond donors (Lipinski definition) is 1. The van der Waals surface area contributed by atoms with Crippen LogP contribution >= 0.6 is 0 Å². The molecule has 1 unspecified atom stereocenters. The number of hydrogen-bond acceptors (Lipinski definition) is 2. The van der Waals surface area contributed by atoms with Crippen molar-refractivity contribution in [2.75, 3.05) is 26.2 Å². The summed E-state index contributed by atoms with van der Waals surface area (Å²) in [7, 11) is 0. The van der Waals surface area contributed by atoms with Gasteiger partial charge in [0.05, 0.1) is 0 Å². The highest BCUT2D eigenvalue weighted by Crippen LogP contribution is 2.37. The quantitative estimate of drug-likeness (QED) is 0.892. The maximum Gasteiger partial charge on any atom is 0.126 e. The van der Waals surface area contributed by atoms with Gasteiger partial charge in [0.1, 0.15) is 5.82 Å². The van der Waals surface area contributed by atoms with Gasteiger partial charge in [0, 0.05) is 12.6 Å². The molecule has 1 saturated heterocycles. The lowest BCUT2D eigenvalue weighted by Gasteiger charge is -2.34. The maximum absolute atomic E-state index is 13.9. The Morgan fingerprint density at radius 2 is 2.05 bits per heavy atom. The van der Waals surface area contributed by atoms with Gasteiger partial charge in [0.15, 0.2) is 0 Å². The smallest absolute Gasteiger partial charge is 0.126 e. The molecule has 3 rings (SSSR count). The first-order valence-electron chi connectivity index (χ1n) is 8.51. The molecule has 1 atom stereocenters. The van der Waals surface area contributed by atoms with E-state index >= 15 is 0 Å². The van der Waals surface area contributed by atoms with Crippen molar-refractivity contribution in [2.45, 2.75) is 45.1 Å². The predicted octanol–water partition coefficient (Wildman–Crippen LogP) is 3.52. The maximum atomic E-state index is 13.9. The van der Waals surface area contributed by atoms with Gasteiger partial charge < -0.3 is 5.32 Å². The van der Waals surface area contributed by atoms with Crippen LogP contribution in [-0.4, -0.2) is 31.1 Å². The third-order valence-electron chi connectivity index (χ3n) is 5.08. The van der Waals surface area contributed by atoms with Gasteiger partial charge in [-0.1, -0.05) is 19.1 Å². The van der Waals surface area contributed by atoms with Gasteiger partial charge in [-0.3, -0.25) is 4.90 Å². The Morgan fingerprint density at radius 1 is 1.24 bits per heavy atom. The highest BCUT2D eigenvalue weighted by molar-refractivity contribution is 5.35. The predicted molar refractivity (Wildman–Crippen MR) is 84.9 cm³/mol. The molecular formula is C18H27FN2. The van der Waals surface area contributed by atoms with Crippen LogP contribution in [0.15, 0.2) is 18.2 Å². The zero-order valence-electron chi connectivity index (χ0n) is 13.1. The van der Waals surface area contributed by atoms with E-state index in [-0.39, 0.29) is 5.82 Å². The number of fused-ring (bicyclic) bond motifs is 1. The van der Waals surface area contributed by atoms with Crippen molar-refractivity contribution in [3.8, 4) is 0 Å². The number of nitrogens with zero attached hydrogens (tertiary/aromatic N) is 1. The second-order valence-electron chi connectivity index (χ2n) is 6.55. The van der Waals surface area contributed by atoms with Crippen molar-refractivity contribution >= 4 is 0 Å². The molecule has 3 heteroatoms. The van der Waals surface area contributed by atoms with Crippen LogP contribution in [0.2, 0.25) is 0 Å². The van der Waals surface area contributed by atoms with Gasteiger partial charge in [-0.2, -0.15) is 0 Å². The van der Waals surface area contributed by atoms with E-state index in [1.807, 2.05) is 6.07 Å². The molecule has 0 spiro atoms. The van der Waals surface area contributed by atoms with Crippen LogP contribution in [0, 0.1) is 11.7 Å². The van der Waals surface area contributed by atoms with Crippen molar-refractivity contribution in [1.82, 2.24) is 10.2 Å². The van der Waals surface area contributed by atoms with E-state index in [2.05, 4.69) is 23.2 Å². The highest BCUT2D eigenvalue weighted by Gasteiger charge is 2.30. The van der Waals surface area contributed by atoms with Crippen molar-refractivity contribution in [1.29, 1.82) is 0 Å². The van der Waals surface area contributed by atoms with E-state index in [1.165, 1.54) is 31.4 Å². The lowest BCUT2D eigenvalue weighted by atomic mass is 9.96. The molecular weight excluding hydrogens is 263 g/mol. The van der Waals surface area contributed by atoms with Gasteiger partial charge >= 0.3 is 0 Å². The third kappa shape index (κ3) is 3.29. The zero-order chi connectivity index (χ0) is 14.7. The average Bonchev–Trinajstić information content (AvgIpc) is 2.93. The van der Waals surface area contributed by atoms with E-state index in [0.29, 0.717) is 6.04 Å². The minimum atomic E-state index is -0.00619. The van der Waals surface area contributed by atoms with E-state index in [4.69, 9.17) is 0 Å². The topological polar surface area (TPSA) is 15.3 Å². The Kier molecular flexibility index (Phi) is 4.91. The SMILES string of the molecule is CCCN(CC1CCNCC1)C1CCc2c(F)cccc21. The van der Waals surface area contributed by atoms with Crippen LogP contribution in [0.5, 0.6) is 0 Å². The summed E-state index contributed by atoms with van der Waals surface area (Å²) in [5.41, 5.74) is 2.21. The molecule has 1 aliphatic heterocycles. The molecule has 0 amide bonds. The molecule has 0 aromatic heterocycles. The summed E-state index contributed by atoms with van der Waals surface area (Å²) in [6, 6.07) is 6.06. The molecule has 1 aromatic carbocycles. The minimum Gasteiger partial charge on any atom is -0.317 e. The van der Waals surface area contributed by atoms with Crippen LogP contribution in [0.25, 0.3) is 0 Å². The summed E-state index contributed by atoms with van der Waals surface area (Å²) in [6.07, 6.45) is 5.72. The first-order valence-corrected chi connectivity index (χ1v) is 8.51. The van der Waals surface area contributed by atoms with Crippen LogP contribution < -0.4 is 5.32 Å². The molecule has 1 heterocycles. The molecule has 0 radical (unpaired) electrons. The molecule has 21 heavy (non-hydrogen) atoms. The Balaban J connectivity index is 1.74. The number of piperidine rings is 1. The lowest BCUT2D eigenvalue weighted by molar-refractivity contribution is 0.151. The molecule has 0 bridgehead atoms. The highest BCUT2D eigenvalue weighted by atomic mass is 19.1. The Hall–Kier alpha value is -0.930. The average molecular weight is 290 g/mol. The van der Waals surface area contributed by atoms with Crippen molar-refractivity contribution in [2.24, 2.45) is 5.92 Å². The van der Waals surface area contributed by atoms with Crippen molar-refractivity contribution in [3.63, 3.8) is 0 Å². The van der Waals surface area contributed by atoms with Gasteiger partial charge in [0.2, 0.25) is 0 Å². The van der Waals surface area contributed by atoms with Crippen molar-refractivity contribution in [3.05, 3.63) is 35.1 Å². The fourth-order valence-corrected chi connectivity index (χ4v) is 4.02. The number of nitrogens with one attached hydrogen (secondary N) is 1. The van der Waals surface area contributed by atoms with E-state index in [0.717, 1.165) is 44.0 Å². The standard InChI is InChI=1S/C18H27FN2/c1-2-12-21(13-14-8-10-20-11-9-14)18-7-6-15-16(18)4-3-5-17(15)19/h3-5,14,18,20H,2,6-13H2,1H3. The Bertz CT molecular complexity index is 468. The van der Waals surface area contributed by atoms with Crippen LogP contribution in [0.1, 0.15) is 49.8 Å². The van der Waals surface area contributed by atoms with Crippen molar-refractivity contribution < 1.29 is 4.39 Å². The van der Waals surface area contributed by atoms with Crippen LogP contribution in [0.4, 0.5) is 4.39 Å². The first-order chi connectivity index (χ1) is 10.3. The van der Waals surface area contributed by atoms with E-state index < -0.39 is 0 Å². The van der Waals surface area contributed by atoms with Crippen LogP contribution in [0.3, 0.4) is 0 Å². The lowest BCUT2D eigenvalue weighted by Crippen LogP contribution is -2.38. The van der Waals surface area contributed by atoms with E-state index in [1.54, 1.807) is 6.07 Å². The summed E-state index contributed by atoms with van der Waals surface area (Å²) < 4.78 is 13.9. The summed E-state index contributed by atoms with van der Waals surface area (Å²) in [6.45, 7) is 6.86. The number of halogens is 1. The number of rotatable bonds is 5. The normalized spacial score (nSPS) is 22.7. The fraction of sp³-hybridized carbons (Fsp3) is 0.667.